The average Bonchev–Trinajstić information content (AvgIpc) is 2.42. The second kappa shape index (κ2) is 6.31. The number of anilines is 1. The Morgan fingerprint density at radius 1 is 1.19 bits per heavy atom. The SMILES string of the molecule is NC(=S)c1ccc(S(=O)(=O)Nc2ccc(Br)cc2Cl)cc1. The first-order valence-electron chi connectivity index (χ1n) is 5.67. The molecule has 0 aromatic heterocycles. The minimum atomic E-state index is -3.72. The number of benzene rings is 2. The van der Waals surface area contributed by atoms with Crippen molar-refractivity contribution in [3.63, 3.8) is 0 Å². The monoisotopic (exact) mass is 404 g/mol. The zero-order chi connectivity index (χ0) is 15.6. The van der Waals surface area contributed by atoms with Gasteiger partial charge in [0.2, 0.25) is 0 Å². The van der Waals surface area contributed by atoms with Crippen molar-refractivity contribution in [2.45, 2.75) is 4.90 Å². The fourth-order valence-corrected chi connectivity index (χ4v) is 3.57. The molecule has 0 unspecified atom stereocenters. The maximum Gasteiger partial charge on any atom is 0.261 e. The zero-order valence-corrected chi connectivity index (χ0v) is 14.5. The van der Waals surface area contributed by atoms with E-state index in [-0.39, 0.29) is 9.88 Å². The number of nitrogens with two attached hydrogens (primary N) is 1. The minimum Gasteiger partial charge on any atom is -0.389 e. The third-order valence-corrected chi connectivity index (χ3v) is 5.05. The Hall–Kier alpha value is -1.15. The average molecular weight is 406 g/mol. The highest BCUT2D eigenvalue weighted by Gasteiger charge is 2.16. The van der Waals surface area contributed by atoms with Gasteiger partial charge in [-0.15, -0.1) is 0 Å². The molecule has 2 aromatic rings. The normalized spacial score (nSPS) is 11.1. The van der Waals surface area contributed by atoms with Crippen LogP contribution in [0.15, 0.2) is 51.8 Å². The van der Waals surface area contributed by atoms with Crippen molar-refractivity contribution in [3.8, 4) is 0 Å². The quantitative estimate of drug-likeness (QED) is 0.763. The molecule has 21 heavy (non-hydrogen) atoms. The summed E-state index contributed by atoms with van der Waals surface area (Å²) in [5.41, 5.74) is 6.38. The molecule has 0 fully saturated rings. The van der Waals surface area contributed by atoms with Gasteiger partial charge in [0.15, 0.2) is 0 Å². The first kappa shape index (κ1) is 16.2. The molecule has 0 aliphatic carbocycles. The molecule has 0 saturated heterocycles. The number of rotatable bonds is 4. The number of hydrogen-bond acceptors (Lipinski definition) is 3. The van der Waals surface area contributed by atoms with E-state index in [4.69, 9.17) is 29.6 Å². The molecule has 110 valence electrons. The van der Waals surface area contributed by atoms with E-state index >= 15 is 0 Å². The fourth-order valence-electron chi connectivity index (χ4n) is 1.57. The van der Waals surface area contributed by atoms with E-state index in [0.29, 0.717) is 16.3 Å². The molecule has 2 rings (SSSR count). The van der Waals surface area contributed by atoms with Gasteiger partial charge in [0.25, 0.3) is 10.0 Å². The summed E-state index contributed by atoms with van der Waals surface area (Å²) in [6, 6.07) is 10.9. The van der Waals surface area contributed by atoms with Gasteiger partial charge in [-0.25, -0.2) is 8.42 Å². The molecule has 8 heteroatoms. The maximum atomic E-state index is 12.3. The second-order valence-corrected chi connectivity index (χ2v) is 7.56. The van der Waals surface area contributed by atoms with Gasteiger partial charge < -0.3 is 5.73 Å². The molecular weight excluding hydrogens is 396 g/mol. The molecule has 0 atom stereocenters. The zero-order valence-electron chi connectivity index (χ0n) is 10.5. The molecule has 0 bridgehead atoms. The molecule has 0 spiro atoms. The summed E-state index contributed by atoms with van der Waals surface area (Å²) in [6.07, 6.45) is 0. The van der Waals surface area contributed by atoms with Gasteiger partial charge in [0.1, 0.15) is 4.99 Å². The van der Waals surface area contributed by atoms with Gasteiger partial charge in [0.05, 0.1) is 15.6 Å². The summed E-state index contributed by atoms with van der Waals surface area (Å²) in [6.45, 7) is 0. The Bertz CT molecular complexity index is 792. The summed E-state index contributed by atoms with van der Waals surface area (Å²) >= 11 is 14.1. The lowest BCUT2D eigenvalue weighted by atomic mass is 10.2. The maximum absolute atomic E-state index is 12.3. The Balaban J connectivity index is 2.31. The Morgan fingerprint density at radius 3 is 2.33 bits per heavy atom. The van der Waals surface area contributed by atoms with Crippen molar-refractivity contribution in [2.24, 2.45) is 5.73 Å². The van der Waals surface area contributed by atoms with Gasteiger partial charge in [-0.1, -0.05) is 51.9 Å². The molecule has 0 aliphatic heterocycles. The number of thiocarbonyl (C=S) groups is 1. The third kappa shape index (κ3) is 3.94. The van der Waals surface area contributed by atoms with Crippen LogP contribution in [0.5, 0.6) is 0 Å². The number of sulfonamides is 1. The van der Waals surface area contributed by atoms with E-state index in [9.17, 15) is 8.42 Å². The van der Waals surface area contributed by atoms with Gasteiger partial charge in [-0.3, -0.25) is 4.72 Å². The Kier molecular flexibility index (Phi) is 4.88. The summed E-state index contributed by atoms with van der Waals surface area (Å²) in [5.74, 6) is 0. The van der Waals surface area contributed by atoms with Crippen LogP contribution in [0.25, 0.3) is 0 Å². The van der Waals surface area contributed by atoms with Crippen molar-refractivity contribution >= 4 is 60.4 Å². The molecule has 0 amide bonds. The summed E-state index contributed by atoms with van der Waals surface area (Å²) in [7, 11) is -3.72. The van der Waals surface area contributed by atoms with Gasteiger partial charge in [-0.05, 0) is 30.3 Å². The summed E-state index contributed by atoms with van der Waals surface area (Å²) in [5, 5.41) is 0.299. The van der Waals surface area contributed by atoms with Crippen LogP contribution in [0.2, 0.25) is 5.02 Å². The second-order valence-electron chi connectivity index (χ2n) is 4.12. The van der Waals surface area contributed by atoms with E-state index in [1.807, 2.05) is 0 Å². The van der Waals surface area contributed by atoms with E-state index in [1.165, 1.54) is 12.1 Å². The van der Waals surface area contributed by atoms with E-state index in [2.05, 4.69) is 20.7 Å². The molecule has 4 nitrogen and oxygen atoms in total. The van der Waals surface area contributed by atoms with Crippen LogP contribution >= 0.6 is 39.7 Å². The highest BCUT2D eigenvalue weighted by Crippen LogP contribution is 2.27. The topological polar surface area (TPSA) is 72.2 Å². The Labute approximate surface area is 141 Å². The van der Waals surface area contributed by atoms with Crippen molar-refractivity contribution in [2.75, 3.05) is 4.72 Å². The third-order valence-electron chi connectivity index (χ3n) is 2.62. The molecule has 0 radical (unpaired) electrons. The van der Waals surface area contributed by atoms with E-state index in [0.717, 1.165) is 4.47 Å². The van der Waals surface area contributed by atoms with Gasteiger partial charge >= 0.3 is 0 Å². The molecule has 0 heterocycles. The van der Waals surface area contributed by atoms with E-state index in [1.54, 1.807) is 30.3 Å². The molecule has 2 aromatic carbocycles. The van der Waals surface area contributed by atoms with Crippen molar-refractivity contribution < 1.29 is 8.42 Å². The van der Waals surface area contributed by atoms with Crippen molar-refractivity contribution in [1.29, 1.82) is 0 Å². The summed E-state index contributed by atoms with van der Waals surface area (Å²) in [4.78, 5) is 0.310. The lowest BCUT2D eigenvalue weighted by Gasteiger charge is -2.10. The van der Waals surface area contributed by atoms with Gasteiger partial charge in [-0.2, -0.15) is 0 Å². The van der Waals surface area contributed by atoms with Crippen LogP contribution < -0.4 is 10.5 Å². The lowest BCUT2D eigenvalue weighted by Crippen LogP contribution is -2.14. The largest absolute Gasteiger partial charge is 0.389 e. The predicted octanol–water partition coefficient (Wildman–Crippen LogP) is 3.54. The summed E-state index contributed by atoms with van der Waals surface area (Å²) < 4.78 is 27.7. The number of nitrogens with one attached hydrogen (secondary N) is 1. The molecular formula is C13H10BrClN2O2S2. The minimum absolute atomic E-state index is 0.0986. The molecule has 3 N–H and O–H groups in total. The Morgan fingerprint density at radius 2 is 1.81 bits per heavy atom. The number of halogens is 2. The predicted molar refractivity (Wildman–Crippen MR) is 92.3 cm³/mol. The van der Waals surface area contributed by atoms with E-state index < -0.39 is 10.0 Å². The molecule has 0 aliphatic rings. The molecule has 0 saturated carbocycles. The van der Waals surface area contributed by atoms with Crippen molar-refractivity contribution in [1.82, 2.24) is 0 Å². The van der Waals surface area contributed by atoms with Gasteiger partial charge in [0, 0.05) is 10.0 Å². The standard InChI is InChI=1S/C13H10BrClN2O2S2/c14-9-3-6-12(11(15)7-9)17-21(18,19)10-4-1-8(2-5-10)13(16)20/h1-7,17H,(H2,16,20). The van der Waals surface area contributed by atoms with Crippen LogP contribution in [0, 0.1) is 0 Å². The van der Waals surface area contributed by atoms with Crippen LogP contribution in [0.4, 0.5) is 5.69 Å². The fraction of sp³-hybridized carbons (Fsp3) is 0. The smallest absolute Gasteiger partial charge is 0.261 e. The van der Waals surface area contributed by atoms with Crippen LogP contribution in [0.1, 0.15) is 5.56 Å². The first-order valence-corrected chi connectivity index (χ1v) is 8.73. The van der Waals surface area contributed by atoms with Crippen LogP contribution in [0.3, 0.4) is 0 Å². The highest BCUT2D eigenvalue weighted by atomic mass is 79.9. The number of hydrogen-bond donors (Lipinski definition) is 2. The van der Waals surface area contributed by atoms with Crippen molar-refractivity contribution in [3.05, 3.63) is 57.5 Å². The van der Waals surface area contributed by atoms with Crippen LogP contribution in [-0.2, 0) is 10.0 Å². The lowest BCUT2D eigenvalue weighted by molar-refractivity contribution is 0.601. The first-order chi connectivity index (χ1) is 9.79. The highest BCUT2D eigenvalue weighted by molar-refractivity contribution is 9.10. The van der Waals surface area contributed by atoms with Crippen LogP contribution in [-0.4, -0.2) is 13.4 Å².